The maximum atomic E-state index is 12.5. The summed E-state index contributed by atoms with van der Waals surface area (Å²) in [7, 11) is 1.86. The molecule has 0 bridgehead atoms. The summed E-state index contributed by atoms with van der Waals surface area (Å²) in [5.74, 6) is 0.973. The number of nitrogens with zero attached hydrogens (tertiary/aromatic N) is 4. The molecule has 6 nitrogen and oxygen atoms in total. The molecule has 0 aliphatic carbocycles. The van der Waals surface area contributed by atoms with Crippen molar-refractivity contribution in [2.24, 2.45) is 0 Å². The molecule has 8 heteroatoms. The van der Waals surface area contributed by atoms with Gasteiger partial charge in [0.25, 0.3) is 0 Å². The van der Waals surface area contributed by atoms with E-state index in [1.807, 2.05) is 55.6 Å². The van der Waals surface area contributed by atoms with E-state index in [9.17, 15) is 4.79 Å². The van der Waals surface area contributed by atoms with Gasteiger partial charge in [0.2, 0.25) is 5.91 Å². The molecular formula is C25H25BrClN5O. The first kappa shape index (κ1) is 23.3. The number of amides is 1. The second-order valence-corrected chi connectivity index (χ2v) is 9.08. The van der Waals surface area contributed by atoms with Crippen LogP contribution >= 0.6 is 27.5 Å². The second kappa shape index (κ2) is 10.8. The lowest BCUT2D eigenvalue weighted by molar-refractivity contribution is -0.129. The Morgan fingerprint density at radius 1 is 1.15 bits per heavy atom. The van der Waals surface area contributed by atoms with Crippen LogP contribution < -0.4 is 5.32 Å². The number of anilines is 1. The topological polar surface area (TPSA) is 62.5 Å². The molecule has 4 rings (SSSR count). The minimum absolute atomic E-state index is 0.155. The van der Waals surface area contributed by atoms with Gasteiger partial charge in [0.1, 0.15) is 5.82 Å². The zero-order valence-corrected chi connectivity index (χ0v) is 20.7. The summed E-state index contributed by atoms with van der Waals surface area (Å²) in [6.45, 7) is 1.36. The van der Waals surface area contributed by atoms with E-state index in [4.69, 9.17) is 16.6 Å². The predicted molar refractivity (Wildman–Crippen MR) is 137 cm³/mol. The highest BCUT2D eigenvalue weighted by Crippen LogP contribution is 2.30. The Bertz CT molecular complexity index is 1240. The molecule has 2 heterocycles. The van der Waals surface area contributed by atoms with Crippen molar-refractivity contribution >= 4 is 44.9 Å². The fourth-order valence-corrected chi connectivity index (χ4v) is 4.19. The minimum atomic E-state index is 0.155. The molecule has 170 valence electrons. The highest BCUT2D eigenvalue weighted by molar-refractivity contribution is 9.10. The number of nitrogens with one attached hydrogen (secondary N) is 1. The normalized spacial score (nSPS) is 11.0. The number of aromatic nitrogens is 3. The van der Waals surface area contributed by atoms with Gasteiger partial charge in [-0.1, -0.05) is 60.1 Å². The molecule has 0 aliphatic rings. The van der Waals surface area contributed by atoms with Crippen molar-refractivity contribution in [3.05, 3.63) is 81.9 Å². The van der Waals surface area contributed by atoms with Gasteiger partial charge in [-0.25, -0.2) is 4.98 Å². The highest BCUT2D eigenvalue weighted by atomic mass is 79.9. The van der Waals surface area contributed by atoms with E-state index in [0.717, 1.165) is 34.4 Å². The van der Waals surface area contributed by atoms with Crippen LogP contribution in [0.25, 0.3) is 16.9 Å². The van der Waals surface area contributed by atoms with E-state index >= 15 is 0 Å². The molecule has 2 aromatic heterocycles. The molecular weight excluding hydrogens is 502 g/mol. The zero-order valence-electron chi connectivity index (χ0n) is 18.3. The molecule has 0 atom stereocenters. The minimum Gasteiger partial charge on any atom is -0.370 e. The Balaban J connectivity index is 1.37. The summed E-state index contributed by atoms with van der Waals surface area (Å²) < 4.78 is 2.57. The third-order valence-electron chi connectivity index (χ3n) is 5.45. The highest BCUT2D eigenvalue weighted by Gasteiger charge is 2.13. The van der Waals surface area contributed by atoms with Crippen molar-refractivity contribution < 1.29 is 4.79 Å². The fourth-order valence-electron chi connectivity index (χ4n) is 3.61. The van der Waals surface area contributed by atoms with Crippen molar-refractivity contribution in [3.63, 3.8) is 0 Å². The Kier molecular flexibility index (Phi) is 7.62. The van der Waals surface area contributed by atoms with Crippen LogP contribution in [0.2, 0.25) is 5.02 Å². The molecule has 0 spiro atoms. The number of hydrogen-bond donors (Lipinski definition) is 1. The summed E-state index contributed by atoms with van der Waals surface area (Å²) in [5, 5.41) is 8.50. The largest absolute Gasteiger partial charge is 0.370 e. The average molecular weight is 527 g/mol. The molecule has 0 aliphatic heterocycles. The fraction of sp³-hybridized carbons (Fsp3) is 0.240. The smallest absolute Gasteiger partial charge is 0.222 e. The number of carbonyl (C=O) groups is 1. The monoisotopic (exact) mass is 525 g/mol. The molecule has 1 N–H and O–H groups in total. The molecule has 0 saturated heterocycles. The second-order valence-electron chi connectivity index (χ2n) is 7.82. The quantitative estimate of drug-likeness (QED) is 0.284. The lowest BCUT2D eigenvalue weighted by atomic mass is 10.1. The van der Waals surface area contributed by atoms with Gasteiger partial charge in [-0.15, -0.1) is 0 Å². The van der Waals surface area contributed by atoms with Crippen LogP contribution in [0.1, 0.15) is 18.4 Å². The number of fused-ring (bicyclic) bond motifs is 1. The molecule has 33 heavy (non-hydrogen) atoms. The number of aryl methyl sites for hydroxylation is 1. The molecule has 0 saturated carbocycles. The first-order valence-corrected chi connectivity index (χ1v) is 12.0. The summed E-state index contributed by atoms with van der Waals surface area (Å²) in [6, 6.07) is 19.7. The zero-order chi connectivity index (χ0) is 23.2. The van der Waals surface area contributed by atoms with E-state index in [0.29, 0.717) is 30.2 Å². The molecule has 2 aromatic carbocycles. The van der Waals surface area contributed by atoms with E-state index in [2.05, 4.69) is 38.5 Å². The van der Waals surface area contributed by atoms with Gasteiger partial charge >= 0.3 is 0 Å². The van der Waals surface area contributed by atoms with Crippen LogP contribution in [0.3, 0.4) is 0 Å². The van der Waals surface area contributed by atoms with Crippen LogP contribution in [0.5, 0.6) is 0 Å². The van der Waals surface area contributed by atoms with E-state index in [-0.39, 0.29) is 5.91 Å². The Morgan fingerprint density at radius 2 is 1.91 bits per heavy atom. The number of carbonyl (C=O) groups excluding carboxylic acids is 1. The molecule has 1 amide bonds. The Hall–Kier alpha value is -2.90. The van der Waals surface area contributed by atoms with Gasteiger partial charge in [-0.3, -0.25) is 4.79 Å². The summed E-state index contributed by atoms with van der Waals surface area (Å²) in [6.07, 6.45) is 3.81. The van der Waals surface area contributed by atoms with Gasteiger partial charge in [0.05, 0.1) is 16.4 Å². The van der Waals surface area contributed by atoms with Gasteiger partial charge in [-0.05, 0) is 40.4 Å². The molecule has 0 radical (unpaired) electrons. The van der Waals surface area contributed by atoms with E-state index < -0.39 is 0 Å². The van der Waals surface area contributed by atoms with Crippen molar-refractivity contribution in [3.8, 4) is 11.3 Å². The first-order chi connectivity index (χ1) is 16.0. The van der Waals surface area contributed by atoms with E-state index in [1.54, 1.807) is 15.6 Å². The lowest BCUT2D eigenvalue weighted by Crippen LogP contribution is -2.29. The van der Waals surface area contributed by atoms with E-state index in [1.165, 1.54) is 5.56 Å². The summed E-state index contributed by atoms with van der Waals surface area (Å²) >= 11 is 9.92. The number of hydrogen-bond acceptors (Lipinski definition) is 4. The standard InChI is InChI=1S/C25H25BrClN5O/c1-31(24(33)13-12-18-8-3-2-4-9-18)15-7-14-28-23-16-22(19-10-5-6-11-21(19)27)30-25-20(26)17-29-32(23)25/h2-6,8-11,16-17,28H,7,12-15H2,1H3. The number of benzene rings is 2. The van der Waals surface area contributed by atoms with Crippen LogP contribution in [0.4, 0.5) is 5.82 Å². The van der Waals surface area contributed by atoms with Crippen LogP contribution in [-0.2, 0) is 11.2 Å². The number of halogens is 2. The maximum Gasteiger partial charge on any atom is 0.222 e. The first-order valence-electron chi connectivity index (χ1n) is 10.8. The maximum absolute atomic E-state index is 12.5. The SMILES string of the molecule is CN(CCCNc1cc(-c2ccccc2Cl)nc2c(Br)cnn12)C(=O)CCc1ccccc1. The van der Waals surface area contributed by atoms with Crippen molar-refractivity contribution in [2.75, 3.05) is 25.5 Å². The third-order valence-corrected chi connectivity index (χ3v) is 6.34. The van der Waals surface area contributed by atoms with Crippen LogP contribution in [0.15, 0.2) is 71.3 Å². The molecule has 4 aromatic rings. The van der Waals surface area contributed by atoms with Crippen LogP contribution in [0, 0.1) is 0 Å². The Labute approximate surface area is 206 Å². The Morgan fingerprint density at radius 3 is 2.70 bits per heavy atom. The van der Waals surface area contributed by atoms with Gasteiger partial charge in [0.15, 0.2) is 5.65 Å². The predicted octanol–water partition coefficient (Wildman–Crippen LogP) is 5.71. The summed E-state index contributed by atoms with van der Waals surface area (Å²) in [5.41, 5.74) is 3.53. The van der Waals surface area contributed by atoms with Crippen LogP contribution in [-0.4, -0.2) is 45.5 Å². The van der Waals surface area contributed by atoms with Gasteiger partial charge in [-0.2, -0.15) is 9.61 Å². The summed E-state index contributed by atoms with van der Waals surface area (Å²) in [4.78, 5) is 19.0. The number of rotatable bonds is 9. The van der Waals surface area contributed by atoms with Crippen molar-refractivity contribution in [1.29, 1.82) is 0 Å². The molecule has 0 unspecified atom stereocenters. The third kappa shape index (κ3) is 5.72. The lowest BCUT2D eigenvalue weighted by Gasteiger charge is -2.18. The average Bonchev–Trinajstić information content (AvgIpc) is 3.21. The van der Waals surface area contributed by atoms with Crippen molar-refractivity contribution in [1.82, 2.24) is 19.5 Å². The van der Waals surface area contributed by atoms with Gasteiger partial charge < -0.3 is 10.2 Å². The van der Waals surface area contributed by atoms with Gasteiger partial charge in [0, 0.05) is 43.2 Å². The molecule has 0 fully saturated rings. The van der Waals surface area contributed by atoms with Crippen molar-refractivity contribution in [2.45, 2.75) is 19.3 Å².